The largest absolute Gasteiger partial charge is 0.773 e. The van der Waals surface area contributed by atoms with Crippen LogP contribution in [0.1, 0.15) is 0 Å². The average molecular weight is 136 g/mol. The van der Waals surface area contributed by atoms with Gasteiger partial charge in [-0.3, -0.25) is 0 Å². The van der Waals surface area contributed by atoms with Gasteiger partial charge in [-0.1, -0.05) is 0 Å². The van der Waals surface area contributed by atoms with Crippen LogP contribution in [0.5, 0.6) is 0 Å². The van der Waals surface area contributed by atoms with E-state index in [1.165, 1.54) is 24.6 Å². The number of nitrogens with zero attached hydrogens (tertiary/aromatic N) is 2. The van der Waals surface area contributed by atoms with E-state index < -0.39 is 4.92 Å². The fourth-order valence-corrected chi connectivity index (χ4v) is 0.619. The van der Waals surface area contributed by atoms with E-state index in [2.05, 4.69) is 0 Å². The van der Waals surface area contributed by atoms with Gasteiger partial charge in [-0.25, -0.2) is 10.1 Å². The molecule has 0 aromatic carbocycles. The Kier molecular flexibility index (Phi) is 1.53. The van der Waals surface area contributed by atoms with E-state index in [0.717, 1.165) is 0 Å². The summed E-state index contributed by atoms with van der Waals surface area (Å²) in [6, 6.07) is 0. The molecule has 4 heteroatoms. The average Bonchev–Trinajstić information content (AvgIpc) is 1.88. The molecular weight excluding hydrogens is 132 g/mol. The standard InChI is InChI=1S/C6H4N2O2/c7-5-3-1-2-4-6(5)8(9)10/h1-4H. The second-order valence-corrected chi connectivity index (χ2v) is 1.75. The van der Waals surface area contributed by atoms with E-state index in [-0.39, 0.29) is 11.4 Å². The van der Waals surface area contributed by atoms with Crippen LogP contribution in [-0.2, 0) is 0 Å². The van der Waals surface area contributed by atoms with Gasteiger partial charge in [-0.2, -0.15) is 0 Å². The summed E-state index contributed by atoms with van der Waals surface area (Å²) in [6.07, 6.45) is 5.55. The summed E-state index contributed by atoms with van der Waals surface area (Å²) in [6.45, 7) is 0. The number of hydrogen-bond donors (Lipinski definition) is 0. The SMILES string of the molecule is [N-]=C1C=C[CH+]C=C1[N+](=O)[O-]. The molecule has 0 aliphatic heterocycles. The molecule has 1 aliphatic rings. The van der Waals surface area contributed by atoms with Gasteiger partial charge in [0.25, 0.3) is 0 Å². The molecule has 0 heterocycles. The van der Waals surface area contributed by atoms with Gasteiger partial charge < -0.3 is 5.41 Å². The second kappa shape index (κ2) is 2.34. The fourth-order valence-electron chi connectivity index (χ4n) is 0.619. The fraction of sp³-hybridized carbons (Fsp3) is 0. The molecule has 0 aromatic heterocycles. The Hall–Kier alpha value is -1.58. The van der Waals surface area contributed by atoms with Gasteiger partial charge in [0.15, 0.2) is 0 Å². The molecule has 1 rings (SSSR count). The number of hydrogen-bond acceptors (Lipinski definition) is 2. The van der Waals surface area contributed by atoms with Crippen LogP contribution in [0.25, 0.3) is 5.41 Å². The molecule has 0 saturated heterocycles. The Labute approximate surface area is 57.5 Å². The predicted octanol–water partition coefficient (Wildman–Crippen LogP) is 0.931. The molecule has 50 valence electrons. The van der Waals surface area contributed by atoms with Crippen LogP contribution in [0.3, 0.4) is 0 Å². The number of rotatable bonds is 1. The van der Waals surface area contributed by atoms with Crippen molar-refractivity contribution in [3.05, 3.63) is 45.9 Å². The highest BCUT2D eigenvalue weighted by molar-refractivity contribution is 6.09. The van der Waals surface area contributed by atoms with Crippen LogP contribution in [0.4, 0.5) is 0 Å². The number of nitro groups is 1. The summed E-state index contributed by atoms with van der Waals surface area (Å²) in [7, 11) is 0. The molecule has 0 aromatic rings. The van der Waals surface area contributed by atoms with E-state index in [4.69, 9.17) is 5.41 Å². The summed E-state index contributed by atoms with van der Waals surface area (Å²) >= 11 is 0. The molecule has 0 bridgehead atoms. The van der Waals surface area contributed by atoms with Crippen molar-refractivity contribution in [2.75, 3.05) is 0 Å². The highest BCUT2D eigenvalue weighted by Gasteiger charge is 2.18. The van der Waals surface area contributed by atoms with Gasteiger partial charge >= 0.3 is 5.70 Å². The molecule has 0 spiro atoms. The van der Waals surface area contributed by atoms with Crippen LogP contribution in [0.15, 0.2) is 23.9 Å². The first-order chi connectivity index (χ1) is 4.72. The van der Waals surface area contributed by atoms with Gasteiger partial charge in [0.1, 0.15) is 11.0 Å². The van der Waals surface area contributed by atoms with Crippen molar-refractivity contribution in [1.29, 1.82) is 0 Å². The van der Waals surface area contributed by atoms with Crippen molar-refractivity contribution in [2.45, 2.75) is 0 Å². The third-order valence-corrected chi connectivity index (χ3v) is 1.08. The number of allylic oxidation sites excluding steroid dienone is 3. The lowest BCUT2D eigenvalue weighted by Crippen LogP contribution is -2.09. The maximum Gasteiger partial charge on any atom is 0.353 e. The Morgan fingerprint density at radius 3 is 2.80 bits per heavy atom. The van der Waals surface area contributed by atoms with Crippen LogP contribution in [0, 0.1) is 16.5 Å². The highest BCUT2D eigenvalue weighted by Crippen LogP contribution is 2.06. The summed E-state index contributed by atoms with van der Waals surface area (Å²) < 4.78 is 0. The van der Waals surface area contributed by atoms with Crippen molar-refractivity contribution in [1.82, 2.24) is 0 Å². The Morgan fingerprint density at radius 1 is 1.70 bits per heavy atom. The molecule has 0 fully saturated rings. The minimum Gasteiger partial charge on any atom is -0.773 e. The first-order valence-corrected chi connectivity index (χ1v) is 2.64. The smallest absolute Gasteiger partial charge is 0.353 e. The summed E-state index contributed by atoms with van der Waals surface area (Å²) in [4.78, 5) is 9.44. The molecule has 0 N–H and O–H groups in total. The lowest BCUT2D eigenvalue weighted by Gasteiger charge is -1.97. The van der Waals surface area contributed by atoms with E-state index in [9.17, 15) is 10.1 Å². The van der Waals surface area contributed by atoms with Crippen LogP contribution < -0.4 is 0 Å². The van der Waals surface area contributed by atoms with Gasteiger partial charge in [0.2, 0.25) is 0 Å². The quantitative estimate of drug-likeness (QED) is 0.305. The zero-order chi connectivity index (χ0) is 7.56. The zero-order valence-corrected chi connectivity index (χ0v) is 5.02. The van der Waals surface area contributed by atoms with Gasteiger partial charge in [-0.05, 0) is 0 Å². The van der Waals surface area contributed by atoms with Crippen molar-refractivity contribution in [3.8, 4) is 0 Å². The van der Waals surface area contributed by atoms with Gasteiger partial charge in [0, 0.05) is 24.3 Å². The maximum atomic E-state index is 10.1. The molecule has 0 amide bonds. The zero-order valence-electron chi connectivity index (χ0n) is 5.02. The van der Waals surface area contributed by atoms with Gasteiger partial charge in [-0.15, -0.1) is 0 Å². The van der Waals surface area contributed by atoms with E-state index in [0.29, 0.717) is 0 Å². The first kappa shape index (κ1) is 6.54. The lowest BCUT2D eigenvalue weighted by molar-refractivity contribution is -0.414. The minimum atomic E-state index is -0.630. The molecule has 0 radical (unpaired) electrons. The topological polar surface area (TPSA) is 65.4 Å². The molecule has 1 aliphatic carbocycles. The normalized spacial score (nSPS) is 16.0. The van der Waals surface area contributed by atoms with Crippen molar-refractivity contribution in [3.63, 3.8) is 0 Å². The maximum absolute atomic E-state index is 10.1. The lowest BCUT2D eigenvalue weighted by atomic mass is 10.1. The van der Waals surface area contributed by atoms with Crippen molar-refractivity contribution < 1.29 is 4.92 Å². The Balaban J connectivity index is 2.86. The monoisotopic (exact) mass is 136 g/mol. The Morgan fingerprint density at radius 2 is 2.40 bits per heavy atom. The summed E-state index contributed by atoms with van der Waals surface area (Å²) in [5, 5.41) is 18.9. The van der Waals surface area contributed by atoms with E-state index >= 15 is 0 Å². The third-order valence-electron chi connectivity index (χ3n) is 1.08. The van der Waals surface area contributed by atoms with Crippen molar-refractivity contribution >= 4 is 5.71 Å². The highest BCUT2D eigenvalue weighted by atomic mass is 16.6. The molecular formula is C6H4N2O2. The molecule has 10 heavy (non-hydrogen) atoms. The molecule has 0 saturated carbocycles. The van der Waals surface area contributed by atoms with Crippen LogP contribution in [-0.4, -0.2) is 10.6 Å². The predicted molar refractivity (Wildman–Crippen MR) is 36.9 cm³/mol. The molecule has 0 unspecified atom stereocenters. The van der Waals surface area contributed by atoms with Crippen LogP contribution >= 0.6 is 0 Å². The third kappa shape index (κ3) is 1.05. The first-order valence-electron chi connectivity index (χ1n) is 2.64. The van der Waals surface area contributed by atoms with Crippen molar-refractivity contribution in [2.24, 2.45) is 0 Å². The Bertz CT molecular complexity index is 240. The van der Waals surface area contributed by atoms with E-state index in [1.807, 2.05) is 0 Å². The second-order valence-electron chi connectivity index (χ2n) is 1.75. The summed E-state index contributed by atoms with van der Waals surface area (Å²) in [5.74, 6) is 0. The van der Waals surface area contributed by atoms with Gasteiger partial charge in [0.05, 0.1) is 0 Å². The molecule has 0 atom stereocenters. The summed E-state index contributed by atoms with van der Waals surface area (Å²) in [5.41, 5.74) is -0.560. The van der Waals surface area contributed by atoms with E-state index in [1.54, 1.807) is 0 Å². The minimum absolute atomic E-state index is 0.262. The molecule has 4 nitrogen and oxygen atoms in total. The van der Waals surface area contributed by atoms with Crippen LogP contribution in [0.2, 0.25) is 0 Å².